The predicted molar refractivity (Wildman–Crippen MR) is 47.7 cm³/mol. The van der Waals surface area contributed by atoms with E-state index in [0.717, 1.165) is 5.69 Å². The standard InChI is InChI=1S/C8H11N3O2/c1-6-3-4-7(10-9-6)11(2)5-8(12)13/h3-4H,5H2,1-2H3,(H,12,13). The summed E-state index contributed by atoms with van der Waals surface area (Å²) in [6.07, 6.45) is 0. The Bertz CT molecular complexity index is 297. The summed E-state index contributed by atoms with van der Waals surface area (Å²) in [5.74, 6) is -0.321. The Balaban J connectivity index is 2.71. The second kappa shape index (κ2) is 3.84. The predicted octanol–water partition coefficient (Wildman–Crippen LogP) is 0.306. The molecule has 1 N–H and O–H groups in total. The molecule has 0 amide bonds. The fraction of sp³-hybridized carbons (Fsp3) is 0.375. The van der Waals surface area contributed by atoms with Gasteiger partial charge in [0.15, 0.2) is 5.82 Å². The van der Waals surface area contributed by atoms with Crippen molar-refractivity contribution in [1.29, 1.82) is 0 Å². The quantitative estimate of drug-likeness (QED) is 0.726. The maximum absolute atomic E-state index is 10.4. The monoisotopic (exact) mass is 181 g/mol. The minimum atomic E-state index is -0.884. The van der Waals surface area contributed by atoms with Crippen LogP contribution in [0, 0.1) is 6.92 Å². The van der Waals surface area contributed by atoms with Crippen molar-refractivity contribution in [1.82, 2.24) is 10.2 Å². The molecule has 70 valence electrons. The molecule has 0 saturated carbocycles. The minimum absolute atomic E-state index is 0.0717. The Kier molecular flexibility index (Phi) is 2.79. The zero-order valence-electron chi connectivity index (χ0n) is 7.56. The third-order valence-corrected chi connectivity index (χ3v) is 1.55. The van der Waals surface area contributed by atoms with Crippen LogP contribution >= 0.6 is 0 Å². The first-order valence-corrected chi connectivity index (χ1v) is 3.83. The zero-order chi connectivity index (χ0) is 9.84. The Hall–Kier alpha value is -1.65. The van der Waals surface area contributed by atoms with Gasteiger partial charge in [0, 0.05) is 7.05 Å². The molecule has 1 heterocycles. The maximum Gasteiger partial charge on any atom is 0.323 e. The van der Waals surface area contributed by atoms with Gasteiger partial charge in [0.1, 0.15) is 6.54 Å². The van der Waals surface area contributed by atoms with Crippen LogP contribution < -0.4 is 4.90 Å². The molecule has 1 rings (SSSR count). The van der Waals surface area contributed by atoms with Gasteiger partial charge in [-0.15, -0.1) is 5.10 Å². The highest BCUT2D eigenvalue weighted by Gasteiger charge is 2.06. The number of likely N-dealkylation sites (N-methyl/N-ethyl adjacent to an activating group) is 1. The van der Waals surface area contributed by atoms with Gasteiger partial charge < -0.3 is 10.0 Å². The summed E-state index contributed by atoms with van der Waals surface area (Å²) in [7, 11) is 1.66. The second-order valence-corrected chi connectivity index (χ2v) is 2.78. The summed E-state index contributed by atoms with van der Waals surface area (Å²) < 4.78 is 0. The first-order valence-electron chi connectivity index (χ1n) is 3.83. The number of hydrogen-bond donors (Lipinski definition) is 1. The number of aliphatic carboxylic acids is 1. The van der Waals surface area contributed by atoms with Crippen LogP contribution in [0.2, 0.25) is 0 Å². The van der Waals surface area contributed by atoms with Crippen LogP contribution in [-0.4, -0.2) is 34.9 Å². The van der Waals surface area contributed by atoms with Crippen LogP contribution in [0.3, 0.4) is 0 Å². The summed E-state index contributed by atoms with van der Waals surface area (Å²) in [6, 6.07) is 3.53. The fourth-order valence-electron chi connectivity index (χ4n) is 0.879. The summed E-state index contributed by atoms with van der Waals surface area (Å²) in [6.45, 7) is 1.76. The molecule has 0 atom stereocenters. The lowest BCUT2D eigenvalue weighted by molar-refractivity contribution is -0.135. The van der Waals surface area contributed by atoms with Crippen LogP contribution in [0.15, 0.2) is 12.1 Å². The van der Waals surface area contributed by atoms with E-state index >= 15 is 0 Å². The number of anilines is 1. The number of aryl methyl sites for hydroxylation is 1. The Labute approximate surface area is 76.0 Å². The minimum Gasteiger partial charge on any atom is -0.480 e. The molecule has 0 unspecified atom stereocenters. The second-order valence-electron chi connectivity index (χ2n) is 2.78. The van der Waals surface area contributed by atoms with Crippen molar-refractivity contribution in [3.8, 4) is 0 Å². The Morgan fingerprint density at radius 1 is 1.54 bits per heavy atom. The van der Waals surface area contributed by atoms with Crippen molar-refractivity contribution in [3.63, 3.8) is 0 Å². The van der Waals surface area contributed by atoms with Crippen molar-refractivity contribution in [2.24, 2.45) is 0 Å². The van der Waals surface area contributed by atoms with E-state index < -0.39 is 5.97 Å². The number of carbonyl (C=O) groups is 1. The van der Waals surface area contributed by atoms with Gasteiger partial charge in [0.2, 0.25) is 0 Å². The lowest BCUT2D eigenvalue weighted by Gasteiger charge is -2.13. The highest BCUT2D eigenvalue weighted by Crippen LogP contribution is 2.05. The zero-order valence-corrected chi connectivity index (χ0v) is 7.56. The molecule has 5 nitrogen and oxygen atoms in total. The molecule has 0 aromatic carbocycles. The largest absolute Gasteiger partial charge is 0.480 e. The molecule has 0 fully saturated rings. The van der Waals surface area contributed by atoms with E-state index in [1.54, 1.807) is 19.2 Å². The van der Waals surface area contributed by atoms with E-state index in [1.807, 2.05) is 6.92 Å². The number of nitrogens with zero attached hydrogens (tertiary/aromatic N) is 3. The van der Waals surface area contributed by atoms with Gasteiger partial charge in [-0.3, -0.25) is 4.79 Å². The third kappa shape index (κ3) is 2.70. The molecule has 1 aromatic heterocycles. The topological polar surface area (TPSA) is 66.3 Å². The van der Waals surface area contributed by atoms with Gasteiger partial charge in [-0.2, -0.15) is 5.10 Å². The molecule has 0 bridgehead atoms. The third-order valence-electron chi connectivity index (χ3n) is 1.55. The normalized spacial score (nSPS) is 9.69. The van der Waals surface area contributed by atoms with E-state index in [2.05, 4.69) is 10.2 Å². The van der Waals surface area contributed by atoms with Crippen molar-refractivity contribution in [3.05, 3.63) is 17.8 Å². The number of carboxylic acid groups (broad SMARTS) is 1. The van der Waals surface area contributed by atoms with Gasteiger partial charge in [-0.05, 0) is 19.1 Å². The smallest absolute Gasteiger partial charge is 0.323 e. The average molecular weight is 181 g/mol. The molecule has 0 aliphatic heterocycles. The van der Waals surface area contributed by atoms with Crippen molar-refractivity contribution < 1.29 is 9.90 Å². The molecule has 0 spiro atoms. The first-order chi connectivity index (χ1) is 6.09. The SMILES string of the molecule is Cc1ccc(N(C)CC(=O)O)nn1. The van der Waals surface area contributed by atoms with Crippen molar-refractivity contribution in [2.45, 2.75) is 6.92 Å². The molecule has 0 radical (unpaired) electrons. The van der Waals surface area contributed by atoms with E-state index in [-0.39, 0.29) is 6.54 Å². The molecular formula is C8H11N3O2. The average Bonchev–Trinajstić information content (AvgIpc) is 2.04. The first kappa shape index (κ1) is 9.44. The lowest BCUT2D eigenvalue weighted by atomic mass is 10.4. The summed E-state index contributed by atoms with van der Waals surface area (Å²) in [5.41, 5.74) is 0.812. The van der Waals surface area contributed by atoms with Gasteiger partial charge in [-0.1, -0.05) is 0 Å². The van der Waals surface area contributed by atoms with Gasteiger partial charge in [0.05, 0.1) is 5.69 Å². The van der Waals surface area contributed by atoms with E-state index in [1.165, 1.54) is 4.90 Å². The van der Waals surface area contributed by atoms with Gasteiger partial charge in [-0.25, -0.2) is 0 Å². The number of carboxylic acids is 1. The molecule has 1 aromatic rings. The van der Waals surface area contributed by atoms with Crippen LogP contribution in [-0.2, 0) is 4.79 Å². The Morgan fingerprint density at radius 3 is 2.69 bits per heavy atom. The summed E-state index contributed by atoms with van der Waals surface area (Å²) in [4.78, 5) is 11.9. The highest BCUT2D eigenvalue weighted by molar-refractivity contribution is 5.72. The van der Waals surface area contributed by atoms with Crippen molar-refractivity contribution >= 4 is 11.8 Å². The summed E-state index contributed by atoms with van der Waals surface area (Å²) >= 11 is 0. The van der Waals surface area contributed by atoms with Crippen LogP contribution in [0.25, 0.3) is 0 Å². The fourth-order valence-corrected chi connectivity index (χ4v) is 0.879. The van der Waals surface area contributed by atoms with E-state index in [0.29, 0.717) is 5.82 Å². The van der Waals surface area contributed by atoms with Crippen LogP contribution in [0.4, 0.5) is 5.82 Å². The molecule has 13 heavy (non-hydrogen) atoms. The van der Waals surface area contributed by atoms with Crippen LogP contribution in [0.5, 0.6) is 0 Å². The van der Waals surface area contributed by atoms with E-state index in [9.17, 15) is 4.79 Å². The molecule has 0 aliphatic carbocycles. The summed E-state index contributed by atoms with van der Waals surface area (Å²) in [5, 5.41) is 16.2. The highest BCUT2D eigenvalue weighted by atomic mass is 16.4. The maximum atomic E-state index is 10.4. The number of rotatable bonds is 3. The van der Waals surface area contributed by atoms with Crippen LogP contribution in [0.1, 0.15) is 5.69 Å². The number of hydrogen-bond acceptors (Lipinski definition) is 4. The van der Waals surface area contributed by atoms with Gasteiger partial charge >= 0.3 is 5.97 Å². The Morgan fingerprint density at radius 2 is 2.23 bits per heavy atom. The lowest BCUT2D eigenvalue weighted by Crippen LogP contribution is -2.26. The number of aromatic nitrogens is 2. The molecular weight excluding hydrogens is 170 g/mol. The molecule has 5 heteroatoms. The molecule has 0 saturated heterocycles. The molecule has 0 aliphatic rings. The van der Waals surface area contributed by atoms with Crippen molar-refractivity contribution in [2.75, 3.05) is 18.5 Å². The van der Waals surface area contributed by atoms with E-state index in [4.69, 9.17) is 5.11 Å². The van der Waals surface area contributed by atoms with Gasteiger partial charge in [0.25, 0.3) is 0 Å².